The Morgan fingerprint density at radius 1 is 1.18 bits per heavy atom. The SMILES string of the molecule is COCc1cn2ncnc(N)c2c1-c1ccc(NC(=O)Nc2cc(C(C)(C)C)ccn2)c(F)c1. The molecule has 0 aliphatic carbocycles. The number of pyridine rings is 1. The van der Waals surface area contributed by atoms with Gasteiger partial charge in [-0.15, -0.1) is 0 Å². The van der Waals surface area contributed by atoms with Crippen molar-refractivity contribution >= 4 is 28.9 Å². The van der Waals surface area contributed by atoms with Crippen LogP contribution in [0.25, 0.3) is 16.6 Å². The van der Waals surface area contributed by atoms with E-state index in [9.17, 15) is 4.79 Å². The van der Waals surface area contributed by atoms with Gasteiger partial charge in [0, 0.05) is 30.6 Å². The Morgan fingerprint density at radius 3 is 2.68 bits per heavy atom. The van der Waals surface area contributed by atoms with Crippen molar-refractivity contribution in [3.05, 3.63) is 66.0 Å². The third-order valence-electron chi connectivity index (χ3n) is 5.35. The molecular weight excluding hydrogens is 437 g/mol. The number of nitrogens with one attached hydrogen (secondary N) is 2. The van der Waals surface area contributed by atoms with Crippen molar-refractivity contribution in [2.24, 2.45) is 0 Å². The molecule has 0 radical (unpaired) electrons. The van der Waals surface area contributed by atoms with Crippen molar-refractivity contribution in [2.45, 2.75) is 32.8 Å². The van der Waals surface area contributed by atoms with Gasteiger partial charge >= 0.3 is 6.03 Å². The van der Waals surface area contributed by atoms with E-state index in [1.54, 1.807) is 36.2 Å². The number of carbonyl (C=O) groups excluding carboxylic acids is 1. The first-order valence-electron chi connectivity index (χ1n) is 10.6. The van der Waals surface area contributed by atoms with Crippen LogP contribution in [0.5, 0.6) is 0 Å². The second-order valence-corrected chi connectivity index (χ2v) is 8.85. The quantitative estimate of drug-likeness (QED) is 0.398. The molecule has 0 fully saturated rings. The van der Waals surface area contributed by atoms with Crippen LogP contribution >= 0.6 is 0 Å². The summed E-state index contributed by atoms with van der Waals surface area (Å²) in [4.78, 5) is 20.7. The first-order chi connectivity index (χ1) is 16.2. The molecule has 176 valence electrons. The largest absolute Gasteiger partial charge is 0.382 e. The average molecular weight is 464 g/mol. The lowest BCUT2D eigenvalue weighted by atomic mass is 9.88. The molecule has 4 rings (SSSR count). The van der Waals surface area contributed by atoms with E-state index in [0.29, 0.717) is 22.5 Å². The molecule has 3 heterocycles. The molecule has 0 aliphatic rings. The molecule has 4 N–H and O–H groups in total. The van der Waals surface area contributed by atoms with Crippen LogP contribution in [0.4, 0.5) is 26.5 Å². The van der Waals surface area contributed by atoms with Crippen LogP contribution in [0.3, 0.4) is 0 Å². The molecule has 1 aromatic carbocycles. The zero-order valence-electron chi connectivity index (χ0n) is 19.4. The highest BCUT2D eigenvalue weighted by molar-refractivity contribution is 5.99. The lowest BCUT2D eigenvalue weighted by Crippen LogP contribution is -2.21. The van der Waals surface area contributed by atoms with E-state index in [0.717, 1.165) is 11.1 Å². The van der Waals surface area contributed by atoms with Crippen LogP contribution < -0.4 is 16.4 Å². The minimum Gasteiger partial charge on any atom is -0.382 e. The lowest BCUT2D eigenvalue weighted by Gasteiger charge is -2.19. The van der Waals surface area contributed by atoms with E-state index in [-0.39, 0.29) is 23.5 Å². The van der Waals surface area contributed by atoms with Gasteiger partial charge in [-0.1, -0.05) is 26.8 Å². The number of amides is 2. The second kappa shape index (κ2) is 9.06. The topological polar surface area (TPSA) is 119 Å². The molecule has 0 spiro atoms. The van der Waals surface area contributed by atoms with Gasteiger partial charge in [0.25, 0.3) is 0 Å². The van der Waals surface area contributed by atoms with Gasteiger partial charge in [0.2, 0.25) is 0 Å². The molecule has 4 aromatic rings. The fourth-order valence-electron chi connectivity index (χ4n) is 3.68. The van der Waals surface area contributed by atoms with E-state index in [1.165, 1.54) is 18.5 Å². The maximum atomic E-state index is 15.0. The Balaban J connectivity index is 1.59. The molecule has 0 aliphatic heterocycles. The number of hydrogen-bond acceptors (Lipinski definition) is 6. The monoisotopic (exact) mass is 463 g/mol. The van der Waals surface area contributed by atoms with Gasteiger partial charge in [0.1, 0.15) is 23.5 Å². The number of urea groups is 1. The highest BCUT2D eigenvalue weighted by Crippen LogP contribution is 2.34. The minimum atomic E-state index is -0.609. The summed E-state index contributed by atoms with van der Waals surface area (Å²) in [6.07, 6.45) is 4.74. The molecule has 0 unspecified atom stereocenters. The summed E-state index contributed by atoms with van der Waals surface area (Å²) in [5, 5.41) is 9.36. The number of nitrogen functional groups attached to an aromatic ring is 1. The van der Waals surface area contributed by atoms with E-state index in [4.69, 9.17) is 10.5 Å². The molecular formula is C24H26FN7O2. The van der Waals surface area contributed by atoms with E-state index in [1.807, 2.05) is 6.07 Å². The predicted molar refractivity (Wildman–Crippen MR) is 129 cm³/mol. The number of aromatic nitrogens is 4. The molecule has 9 nitrogen and oxygen atoms in total. The number of methoxy groups -OCH3 is 1. The molecule has 0 bridgehead atoms. The molecule has 0 atom stereocenters. The van der Waals surface area contributed by atoms with Crippen LogP contribution in [0.1, 0.15) is 31.9 Å². The predicted octanol–water partition coefficient (Wildman–Crippen LogP) is 4.60. The Morgan fingerprint density at radius 2 is 1.97 bits per heavy atom. The molecule has 3 aromatic heterocycles. The normalized spacial score (nSPS) is 11.6. The number of rotatable bonds is 5. The van der Waals surface area contributed by atoms with Crippen molar-refractivity contribution < 1.29 is 13.9 Å². The van der Waals surface area contributed by atoms with Crippen LogP contribution in [0.15, 0.2) is 49.1 Å². The van der Waals surface area contributed by atoms with Gasteiger partial charge in [-0.05, 0) is 40.8 Å². The summed E-state index contributed by atoms with van der Waals surface area (Å²) >= 11 is 0. The summed E-state index contributed by atoms with van der Waals surface area (Å²) in [7, 11) is 1.57. The maximum absolute atomic E-state index is 15.0. The van der Waals surface area contributed by atoms with Crippen molar-refractivity contribution in [3.63, 3.8) is 0 Å². The van der Waals surface area contributed by atoms with Gasteiger partial charge in [-0.2, -0.15) is 5.10 Å². The van der Waals surface area contributed by atoms with Gasteiger partial charge in [0.15, 0.2) is 5.82 Å². The fourth-order valence-corrected chi connectivity index (χ4v) is 3.68. The summed E-state index contributed by atoms with van der Waals surface area (Å²) in [6.45, 7) is 6.48. The fraction of sp³-hybridized carbons (Fsp3) is 0.250. The third-order valence-corrected chi connectivity index (χ3v) is 5.35. The van der Waals surface area contributed by atoms with Gasteiger partial charge in [0.05, 0.1) is 12.3 Å². The Labute approximate surface area is 196 Å². The molecule has 0 saturated carbocycles. The van der Waals surface area contributed by atoms with Crippen LogP contribution in [-0.4, -0.2) is 32.7 Å². The van der Waals surface area contributed by atoms with Crippen molar-refractivity contribution in [1.82, 2.24) is 19.6 Å². The lowest BCUT2D eigenvalue weighted by molar-refractivity contribution is 0.185. The summed E-state index contributed by atoms with van der Waals surface area (Å²) < 4.78 is 21.9. The number of ether oxygens (including phenoxy) is 1. The van der Waals surface area contributed by atoms with Crippen molar-refractivity contribution in [2.75, 3.05) is 23.5 Å². The van der Waals surface area contributed by atoms with E-state index in [2.05, 4.69) is 46.5 Å². The Bertz CT molecular complexity index is 1360. The minimum absolute atomic E-state index is 0.0225. The van der Waals surface area contributed by atoms with Crippen LogP contribution in [0, 0.1) is 5.82 Å². The third kappa shape index (κ3) is 4.67. The first kappa shape index (κ1) is 23.1. The van der Waals surface area contributed by atoms with E-state index < -0.39 is 11.8 Å². The summed E-state index contributed by atoms with van der Waals surface area (Å²) in [5.41, 5.74) is 9.56. The molecule has 34 heavy (non-hydrogen) atoms. The average Bonchev–Trinajstić information content (AvgIpc) is 3.14. The molecule has 10 heteroatoms. The van der Waals surface area contributed by atoms with Crippen LogP contribution in [-0.2, 0) is 16.8 Å². The number of anilines is 3. The van der Waals surface area contributed by atoms with Crippen molar-refractivity contribution in [3.8, 4) is 11.1 Å². The first-order valence-corrected chi connectivity index (χ1v) is 10.6. The molecule has 0 saturated heterocycles. The summed E-state index contributed by atoms with van der Waals surface area (Å²) in [5.74, 6) is 0.0310. The standard InChI is InChI=1S/C24H26FN7O2/c1-24(2,3)16-7-8-27-19(10-16)31-23(33)30-18-6-5-14(9-17(18)25)20-15(12-34-4)11-32-21(20)22(26)28-13-29-32/h5-11,13H,12H2,1-4H3,(H2,26,28,29)(H2,27,30,31,33). The smallest absolute Gasteiger partial charge is 0.324 e. The highest BCUT2D eigenvalue weighted by atomic mass is 19.1. The zero-order chi connectivity index (χ0) is 24.5. The van der Waals surface area contributed by atoms with Crippen LogP contribution in [0.2, 0.25) is 0 Å². The zero-order valence-corrected chi connectivity index (χ0v) is 19.4. The number of hydrogen-bond donors (Lipinski definition) is 3. The van der Waals surface area contributed by atoms with Gasteiger partial charge < -0.3 is 15.8 Å². The number of carbonyl (C=O) groups is 1. The van der Waals surface area contributed by atoms with Gasteiger partial charge in [-0.3, -0.25) is 5.32 Å². The molecule has 2 amide bonds. The van der Waals surface area contributed by atoms with E-state index >= 15 is 4.39 Å². The Kier molecular flexibility index (Phi) is 6.16. The number of halogens is 1. The van der Waals surface area contributed by atoms with Gasteiger partial charge in [-0.25, -0.2) is 23.7 Å². The summed E-state index contributed by atoms with van der Waals surface area (Å²) in [6, 6.07) is 7.59. The highest BCUT2D eigenvalue weighted by Gasteiger charge is 2.19. The number of nitrogens with zero attached hydrogens (tertiary/aromatic N) is 4. The van der Waals surface area contributed by atoms with Crippen molar-refractivity contribution in [1.29, 1.82) is 0 Å². The maximum Gasteiger partial charge on any atom is 0.324 e. The second-order valence-electron chi connectivity index (χ2n) is 8.85. The Hall–Kier alpha value is -4.05. The number of benzene rings is 1. The number of nitrogens with two attached hydrogens (primary N) is 1. The number of fused-ring (bicyclic) bond motifs is 1.